The van der Waals surface area contributed by atoms with Crippen LogP contribution in [0, 0.1) is 5.92 Å². The Balaban J connectivity index is 1.40. The standard InChI is InChI=1S/C41H43F2N3O6/c42-41(43,39(49)44-26-30-13-5-1-6-14-30)37(47)35(25-29-21-23-34(24-22-29)52-28-32-17-9-3-10-18-32)45-38(48)36(33-19-11-4-12-20-33)46(40(50)51)27-31-15-7-2-8-16-31/h1-3,5-10,13-18,21-24,33,35-36H,4,11-12,19-20,25-28H2,(H,44,49)(H,45,48)(H,50,51)/t35-,36-/m0/s1. The van der Waals surface area contributed by atoms with Crippen LogP contribution in [0.15, 0.2) is 115 Å². The van der Waals surface area contributed by atoms with Crippen LogP contribution < -0.4 is 15.4 Å². The lowest BCUT2D eigenvalue weighted by Gasteiger charge is -2.37. The van der Waals surface area contributed by atoms with Gasteiger partial charge in [-0.15, -0.1) is 0 Å². The second-order valence-corrected chi connectivity index (χ2v) is 13.0. The van der Waals surface area contributed by atoms with Gasteiger partial charge >= 0.3 is 12.0 Å². The fourth-order valence-electron chi connectivity index (χ4n) is 6.51. The molecular formula is C41H43F2N3O6. The SMILES string of the molecule is O=C(N[C@@H](Cc1ccc(OCc2ccccc2)cc1)C(=O)C(F)(F)C(=O)NCc1ccccc1)[C@H](C1CCCCC1)N(Cc1ccccc1)C(=O)O. The lowest BCUT2D eigenvalue weighted by molar-refractivity contribution is -0.160. The summed E-state index contributed by atoms with van der Waals surface area (Å²) >= 11 is 0. The molecule has 1 saturated carbocycles. The number of ether oxygens (including phenoxy) is 1. The van der Waals surface area contributed by atoms with Crippen molar-refractivity contribution in [2.75, 3.05) is 0 Å². The number of benzene rings is 4. The highest BCUT2D eigenvalue weighted by molar-refractivity contribution is 6.10. The summed E-state index contributed by atoms with van der Waals surface area (Å²) in [6, 6.07) is 30.0. The van der Waals surface area contributed by atoms with Gasteiger partial charge in [0.2, 0.25) is 11.7 Å². The Morgan fingerprint density at radius 3 is 1.88 bits per heavy atom. The first-order chi connectivity index (χ1) is 25.1. The maximum absolute atomic E-state index is 15.7. The minimum Gasteiger partial charge on any atom is -0.489 e. The Labute approximate surface area is 302 Å². The molecule has 2 atom stereocenters. The van der Waals surface area contributed by atoms with Gasteiger partial charge in [-0.2, -0.15) is 8.78 Å². The molecule has 0 unspecified atom stereocenters. The maximum atomic E-state index is 15.7. The number of carbonyl (C=O) groups is 4. The third kappa shape index (κ3) is 10.2. The van der Waals surface area contributed by atoms with Gasteiger partial charge in [-0.3, -0.25) is 19.3 Å². The molecule has 11 heteroatoms. The van der Waals surface area contributed by atoms with Gasteiger partial charge in [0, 0.05) is 19.5 Å². The van der Waals surface area contributed by atoms with Crippen LogP contribution in [-0.2, 0) is 40.5 Å². The zero-order chi connectivity index (χ0) is 36.9. The van der Waals surface area contributed by atoms with Crippen LogP contribution >= 0.6 is 0 Å². The number of hydrogen-bond acceptors (Lipinski definition) is 5. The van der Waals surface area contributed by atoms with E-state index in [2.05, 4.69) is 10.6 Å². The van der Waals surface area contributed by atoms with Crippen molar-refractivity contribution >= 4 is 23.7 Å². The van der Waals surface area contributed by atoms with E-state index in [1.54, 1.807) is 84.9 Å². The molecule has 9 nitrogen and oxygen atoms in total. The van der Waals surface area contributed by atoms with Crippen LogP contribution in [0.25, 0.3) is 0 Å². The van der Waals surface area contributed by atoms with E-state index in [0.717, 1.165) is 29.7 Å². The van der Waals surface area contributed by atoms with Crippen LogP contribution in [0.1, 0.15) is 54.4 Å². The lowest BCUT2D eigenvalue weighted by Crippen LogP contribution is -2.59. The van der Waals surface area contributed by atoms with E-state index in [1.165, 1.54) is 0 Å². The number of carboxylic acid groups (broad SMARTS) is 1. The molecule has 0 aliphatic heterocycles. The molecule has 0 bridgehead atoms. The van der Waals surface area contributed by atoms with Crippen molar-refractivity contribution < 1.29 is 37.8 Å². The van der Waals surface area contributed by atoms with Gasteiger partial charge in [0.25, 0.3) is 5.91 Å². The molecule has 0 saturated heterocycles. The number of rotatable bonds is 16. The first-order valence-corrected chi connectivity index (χ1v) is 17.5. The van der Waals surface area contributed by atoms with Crippen molar-refractivity contribution in [1.82, 2.24) is 15.5 Å². The van der Waals surface area contributed by atoms with Gasteiger partial charge in [0.05, 0.1) is 6.04 Å². The summed E-state index contributed by atoms with van der Waals surface area (Å²) in [6.45, 7) is -0.0556. The van der Waals surface area contributed by atoms with Crippen LogP contribution in [0.5, 0.6) is 5.75 Å². The minimum atomic E-state index is -4.51. The van der Waals surface area contributed by atoms with E-state index in [0.29, 0.717) is 41.9 Å². The molecule has 4 aromatic rings. The number of carbonyl (C=O) groups excluding carboxylic acids is 3. The number of ketones is 1. The zero-order valence-corrected chi connectivity index (χ0v) is 28.8. The molecule has 3 N–H and O–H groups in total. The van der Waals surface area contributed by atoms with E-state index in [-0.39, 0.29) is 19.5 Å². The van der Waals surface area contributed by atoms with Gasteiger partial charge in [-0.25, -0.2) is 4.79 Å². The predicted octanol–water partition coefficient (Wildman–Crippen LogP) is 6.94. The average Bonchev–Trinajstić information content (AvgIpc) is 3.17. The highest BCUT2D eigenvalue weighted by atomic mass is 19.3. The molecule has 0 aromatic heterocycles. The largest absolute Gasteiger partial charge is 0.489 e. The molecule has 0 heterocycles. The summed E-state index contributed by atoms with van der Waals surface area (Å²) < 4.78 is 37.3. The fraction of sp³-hybridized carbons (Fsp3) is 0.317. The van der Waals surface area contributed by atoms with E-state index in [9.17, 15) is 24.3 Å². The molecule has 52 heavy (non-hydrogen) atoms. The van der Waals surface area contributed by atoms with Gasteiger partial charge in [-0.05, 0) is 53.1 Å². The highest BCUT2D eigenvalue weighted by Gasteiger charge is 2.51. The number of nitrogens with one attached hydrogen (secondary N) is 2. The Kier molecular flexibility index (Phi) is 13.1. The predicted molar refractivity (Wildman–Crippen MR) is 191 cm³/mol. The number of amides is 3. The van der Waals surface area contributed by atoms with Crippen molar-refractivity contribution in [3.05, 3.63) is 138 Å². The summed E-state index contributed by atoms with van der Waals surface area (Å²) in [7, 11) is 0. The molecule has 0 spiro atoms. The monoisotopic (exact) mass is 711 g/mol. The van der Waals surface area contributed by atoms with Crippen LogP contribution in [0.4, 0.5) is 13.6 Å². The smallest absolute Gasteiger partial charge is 0.408 e. The third-order valence-electron chi connectivity index (χ3n) is 9.28. The normalized spacial score (nSPS) is 14.4. The van der Waals surface area contributed by atoms with Crippen molar-refractivity contribution in [2.24, 2.45) is 5.92 Å². The summed E-state index contributed by atoms with van der Waals surface area (Å²) in [5.41, 5.74) is 2.56. The topological polar surface area (TPSA) is 125 Å². The van der Waals surface area contributed by atoms with Crippen LogP contribution in [0.2, 0.25) is 0 Å². The summed E-state index contributed by atoms with van der Waals surface area (Å²) in [4.78, 5) is 54.5. The maximum Gasteiger partial charge on any atom is 0.408 e. The van der Waals surface area contributed by atoms with Gasteiger partial charge in [0.1, 0.15) is 18.4 Å². The fourth-order valence-corrected chi connectivity index (χ4v) is 6.51. The van der Waals surface area contributed by atoms with Crippen molar-refractivity contribution in [3.63, 3.8) is 0 Å². The number of Topliss-reactive ketones (excluding diaryl/α,β-unsaturated/α-hetero) is 1. The quantitative estimate of drug-likeness (QED) is 0.108. The second kappa shape index (κ2) is 18.1. The van der Waals surface area contributed by atoms with Crippen molar-refractivity contribution in [1.29, 1.82) is 0 Å². The lowest BCUT2D eigenvalue weighted by atomic mass is 9.82. The first-order valence-electron chi connectivity index (χ1n) is 17.5. The number of halogens is 2. The molecular weight excluding hydrogens is 668 g/mol. The van der Waals surface area contributed by atoms with E-state index < -0.39 is 47.6 Å². The average molecular weight is 712 g/mol. The van der Waals surface area contributed by atoms with E-state index >= 15 is 8.78 Å². The summed E-state index contributed by atoms with van der Waals surface area (Å²) in [5, 5.41) is 15.0. The van der Waals surface area contributed by atoms with Crippen molar-refractivity contribution in [3.8, 4) is 5.75 Å². The summed E-state index contributed by atoms with van der Waals surface area (Å²) in [6.07, 6.45) is 1.84. The van der Waals surface area contributed by atoms with Gasteiger partial charge < -0.3 is 20.5 Å². The number of hydrogen-bond donors (Lipinski definition) is 3. The van der Waals surface area contributed by atoms with Gasteiger partial charge in [-0.1, -0.05) is 122 Å². The highest BCUT2D eigenvalue weighted by Crippen LogP contribution is 2.31. The second-order valence-electron chi connectivity index (χ2n) is 13.0. The van der Waals surface area contributed by atoms with Crippen LogP contribution in [-0.4, -0.2) is 51.7 Å². The van der Waals surface area contributed by atoms with E-state index in [1.807, 2.05) is 30.3 Å². The molecule has 1 aliphatic rings. The zero-order valence-electron chi connectivity index (χ0n) is 28.8. The Bertz CT molecular complexity index is 1770. The Hall–Kier alpha value is -5.58. The molecule has 3 amide bonds. The number of nitrogens with zero attached hydrogens (tertiary/aromatic N) is 1. The molecule has 4 aromatic carbocycles. The van der Waals surface area contributed by atoms with E-state index in [4.69, 9.17) is 4.74 Å². The van der Waals surface area contributed by atoms with Crippen molar-refractivity contribution in [2.45, 2.75) is 76.2 Å². The Morgan fingerprint density at radius 1 is 0.750 bits per heavy atom. The third-order valence-corrected chi connectivity index (χ3v) is 9.28. The Morgan fingerprint density at radius 2 is 1.31 bits per heavy atom. The molecule has 0 radical (unpaired) electrons. The number of alkyl halides is 2. The molecule has 1 fully saturated rings. The summed E-state index contributed by atoms with van der Waals surface area (Å²) in [5.74, 6) is -8.89. The first kappa shape index (κ1) is 37.7. The van der Waals surface area contributed by atoms with Gasteiger partial charge in [0.15, 0.2) is 0 Å². The van der Waals surface area contributed by atoms with Crippen LogP contribution in [0.3, 0.4) is 0 Å². The molecule has 272 valence electrons. The molecule has 1 aliphatic carbocycles. The minimum absolute atomic E-state index is 0.119. The molecule has 5 rings (SSSR count).